The molecule has 1 aliphatic rings. The molecule has 0 amide bonds. The van der Waals surface area contributed by atoms with Gasteiger partial charge in [-0.2, -0.15) is 0 Å². The summed E-state index contributed by atoms with van der Waals surface area (Å²) in [6.07, 6.45) is 0.346. The highest BCUT2D eigenvalue weighted by Gasteiger charge is 2.36. The van der Waals surface area contributed by atoms with Gasteiger partial charge in [-0.15, -0.1) is 0 Å². The Morgan fingerprint density at radius 3 is 2.50 bits per heavy atom. The minimum absolute atomic E-state index is 0.0372. The lowest BCUT2D eigenvalue weighted by Gasteiger charge is -2.34. The number of esters is 1. The number of carbonyl (C=O) groups is 1. The molecule has 1 unspecified atom stereocenters. The van der Waals surface area contributed by atoms with Gasteiger partial charge in [0.1, 0.15) is 0 Å². The minimum Gasteiger partial charge on any atom is -0.466 e. The van der Waals surface area contributed by atoms with Gasteiger partial charge in [-0.05, 0) is 6.92 Å². The molecule has 16 heavy (non-hydrogen) atoms. The molecule has 1 fully saturated rings. The van der Waals surface area contributed by atoms with E-state index < -0.39 is 0 Å². The summed E-state index contributed by atoms with van der Waals surface area (Å²) >= 11 is 0. The molecule has 1 atom stereocenters. The fourth-order valence-electron chi connectivity index (χ4n) is 1.61. The number of rotatable bonds is 4. The first-order valence-electron chi connectivity index (χ1n) is 5.83. The summed E-state index contributed by atoms with van der Waals surface area (Å²) in [6, 6.07) is 0. The van der Waals surface area contributed by atoms with Gasteiger partial charge in [0.05, 0.1) is 6.61 Å². The van der Waals surface area contributed by atoms with E-state index in [1.54, 1.807) is 6.92 Å². The maximum atomic E-state index is 11.3. The van der Waals surface area contributed by atoms with E-state index in [1.807, 2.05) is 6.92 Å². The Bertz CT molecular complexity index is 232. The predicted octanol–water partition coefficient (Wildman–Crippen LogP) is 1.89. The fourth-order valence-corrected chi connectivity index (χ4v) is 1.61. The standard InChI is InChI=1S/C11H21BO4/c1-5-14-10(13)6-9(2)12-15-7-11(3,4)8-16-12/h9H,5-8H2,1-4H3. The van der Waals surface area contributed by atoms with E-state index in [0.29, 0.717) is 26.2 Å². The molecule has 0 saturated carbocycles. The van der Waals surface area contributed by atoms with Crippen molar-refractivity contribution in [2.45, 2.75) is 39.9 Å². The Kier molecular flexibility index (Phi) is 4.80. The van der Waals surface area contributed by atoms with Gasteiger partial charge in [0.25, 0.3) is 0 Å². The van der Waals surface area contributed by atoms with Crippen LogP contribution in [-0.4, -0.2) is 32.9 Å². The summed E-state index contributed by atoms with van der Waals surface area (Å²) in [6.45, 7) is 9.71. The predicted molar refractivity (Wildman–Crippen MR) is 62.1 cm³/mol. The zero-order valence-corrected chi connectivity index (χ0v) is 10.6. The van der Waals surface area contributed by atoms with Crippen LogP contribution in [0.5, 0.6) is 0 Å². The summed E-state index contributed by atoms with van der Waals surface area (Å²) in [5.74, 6) is -0.151. The molecular weight excluding hydrogens is 207 g/mol. The molecule has 0 spiro atoms. The zero-order chi connectivity index (χ0) is 12.2. The van der Waals surface area contributed by atoms with E-state index in [1.165, 1.54) is 0 Å². The van der Waals surface area contributed by atoms with Crippen LogP contribution in [0.15, 0.2) is 0 Å². The van der Waals surface area contributed by atoms with Gasteiger partial charge in [-0.25, -0.2) is 0 Å². The van der Waals surface area contributed by atoms with Crippen LogP contribution in [0.1, 0.15) is 34.1 Å². The number of hydrogen-bond acceptors (Lipinski definition) is 4. The van der Waals surface area contributed by atoms with Crippen molar-refractivity contribution in [3.63, 3.8) is 0 Å². The topological polar surface area (TPSA) is 44.8 Å². The third-order valence-electron chi connectivity index (χ3n) is 2.54. The average Bonchev–Trinajstić information content (AvgIpc) is 2.17. The Morgan fingerprint density at radius 2 is 2.00 bits per heavy atom. The molecule has 0 aliphatic carbocycles. The molecule has 1 heterocycles. The molecule has 92 valence electrons. The molecule has 5 heteroatoms. The minimum atomic E-state index is -0.280. The van der Waals surface area contributed by atoms with Gasteiger partial charge in [-0.1, -0.05) is 20.8 Å². The highest BCUT2D eigenvalue weighted by Crippen LogP contribution is 2.27. The highest BCUT2D eigenvalue weighted by molar-refractivity contribution is 6.46. The molecule has 0 aromatic rings. The van der Waals surface area contributed by atoms with Crippen molar-refractivity contribution in [2.75, 3.05) is 19.8 Å². The van der Waals surface area contributed by atoms with Gasteiger partial charge in [0.15, 0.2) is 0 Å². The molecule has 0 aromatic heterocycles. The smallest absolute Gasteiger partial charge is 0.460 e. The largest absolute Gasteiger partial charge is 0.466 e. The maximum absolute atomic E-state index is 11.3. The second-order valence-electron chi connectivity index (χ2n) is 5.14. The van der Waals surface area contributed by atoms with Crippen molar-refractivity contribution in [2.24, 2.45) is 5.41 Å². The van der Waals surface area contributed by atoms with Crippen molar-refractivity contribution in [1.29, 1.82) is 0 Å². The summed E-state index contributed by atoms with van der Waals surface area (Å²) in [5, 5.41) is 0. The van der Waals surface area contributed by atoms with Crippen molar-refractivity contribution >= 4 is 13.1 Å². The lowest BCUT2D eigenvalue weighted by Crippen LogP contribution is -2.43. The van der Waals surface area contributed by atoms with Crippen molar-refractivity contribution in [1.82, 2.24) is 0 Å². The van der Waals surface area contributed by atoms with E-state index in [0.717, 1.165) is 0 Å². The normalized spacial score (nSPS) is 21.6. The van der Waals surface area contributed by atoms with Gasteiger partial charge < -0.3 is 14.0 Å². The average molecular weight is 228 g/mol. The van der Waals surface area contributed by atoms with Crippen LogP contribution >= 0.6 is 0 Å². The summed E-state index contributed by atoms with van der Waals surface area (Å²) < 4.78 is 16.1. The molecule has 0 N–H and O–H groups in total. The Morgan fingerprint density at radius 1 is 1.44 bits per heavy atom. The molecule has 1 saturated heterocycles. The van der Waals surface area contributed by atoms with Crippen LogP contribution in [0, 0.1) is 5.41 Å². The zero-order valence-electron chi connectivity index (χ0n) is 10.6. The van der Waals surface area contributed by atoms with Crippen LogP contribution in [0.3, 0.4) is 0 Å². The monoisotopic (exact) mass is 228 g/mol. The first-order valence-corrected chi connectivity index (χ1v) is 5.83. The van der Waals surface area contributed by atoms with Gasteiger partial charge in [0.2, 0.25) is 0 Å². The van der Waals surface area contributed by atoms with Crippen LogP contribution in [0.4, 0.5) is 0 Å². The Labute approximate surface area is 97.8 Å². The van der Waals surface area contributed by atoms with Gasteiger partial charge >= 0.3 is 13.1 Å². The first-order chi connectivity index (χ1) is 7.44. The lowest BCUT2D eigenvalue weighted by molar-refractivity contribution is -0.143. The van der Waals surface area contributed by atoms with Crippen molar-refractivity contribution < 1.29 is 18.8 Å². The third kappa shape index (κ3) is 4.14. The van der Waals surface area contributed by atoms with E-state index >= 15 is 0 Å². The van der Waals surface area contributed by atoms with E-state index in [-0.39, 0.29) is 24.3 Å². The van der Waals surface area contributed by atoms with Crippen LogP contribution < -0.4 is 0 Å². The Hall–Kier alpha value is -0.545. The SMILES string of the molecule is CCOC(=O)CC(C)B1OCC(C)(C)CO1. The number of carbonyl (C=O) groups excluding carboxylic acids is 1. The van der Waals surface area contributed by atoms with Crippen molar-refractivity contribution in [3.05, 3.63) is 0 Å². The van der Waals surface area contributed by atoms with Crippen LogP contribution in [0.2, 0.25) is 5.82 Å². The maximum Gasteiger partial charge on any atom is 0.460 e. The number of hydrogen-bond donors (Lipinski definition) is 0. The molecule has 1 rings (SSSR count). The fraction of sp³-hybridized carbons (Fsp3) is 0.909. The van der Waals surface area contributed by atoms with E-state index in [4.69, 9.17) is 14.0 Å². The molecule has 1 aliphatic heterocycles. The Balaban J connectivity index is 2.33. The van der Waals surface area contributed by atoms with Gasteiger partial charge in [-0.3, -0.25) is 4.79 Å². The lowest BCUT2D eigenvalue weighted by atomic mass is 9.69. The van der Waals surface area contributed by atoms with Crippen molar-refractivity contribution in [3.8, 4) is 0 Å². The van der Waals surface area contributed by atoms with E-state index in [9.17, 15) is 4.79 Å². The summed E-state index contributed by atoms with van der Waals surface area (Å²) in [4.78, 5) is 11.3. The third-order valence-corrected chi connectivity index (χ3v) is 2.54. The molecular formula is C11H21BO4. The molecule has 0 radical (unpaired) electrons. The summed E-state index contributed by atoms with van der Waals surface area (Å²) in [5.41, 5.74) is 0.0696. The summed E-state index contributed by atoms with van der Waals surface area (Å²) in [7, 11) is -0.280. The van der Waals surface area contributed by atoms with Crippen LogP contribution in [-0.2, 0) is 18.8 Å². The van der Waals surface area contributed by atoms with E-state index in [2.05, 4.69) is 13.8 Å². The second-order valence-corrected chi connectivity index (χ2v) is 5.14. The van der Waals surface area contributed by atoms with Crippen LogP contribution in [0.25, 0.3) is 0 Å². The van der Waals surface area contributed by atoms with Gasteiger partial charge in [0, 0.05) is 30.9 Å². The first kappa shape index (κ1) is 13.5. The molecule has 0 aromatic carbocycles. The number of ether oxygens (including phenoxy) is 1. The molecule has 0 bridgehead atoms. The molecule has 4 nitrogen and oxygen atoms in total. The highest BCUT2D eigenvalue weighted by atomic mass is 16.6. The second kappa shape index (κ2) is 5.68. The quantitative estimate of drug-likeness (QED) is 0.544.